The number of aliphatic hydroxyl groups excluding tert-OH is 1. The predicted octanol–water partition coefficient (Wildman–Crippen LogP) is 0.527. The standard InChI is InChI=1S/C17H22N4O9/c1-17(2,3)18-8-10(22)9-29-14-7-12-11(6-13(14)20(25)26)15(23)19(16(12)24)4-5-30-21(27)28/h6-7,10,18,22H,4-5,8-9H2,1-3H3. The molecule has 0 spiro atoms. The summed E-state index contributed by atoms with van der Waals surface area (Å²) in [5, 5.41) is 33.6. The van der Waals surface area contributed by atoms with Gasteiger partial charge in [0.1, 0.15) is 19.3 Å². The molecule has 1 aliphatic rings. The third kappa shape index (κ3) is 5.61. The van der Waals surface area contributed by atoms with Crippen molar-refractivity contribution in [3.8, 4) is 5.75 Å². The molecule has 13 nitrogen and oxygen atoms in total. The fraction of sp³-hybridized carbons (Fsp3) is 0.529. The maximum Gasteiger partial charge on any atom is 0.311 e. The van der Waals surface area contributed by atoms with E-state index in [0.29, 0.717) is 4.90 Å². The largest absolute Gasteiger partial charge is 0.484 e. The molecule has 1 unspecified atom stereocenters. The maximum absolute atomic E-state index is 12.5. The number of β-amino-alcohol motifs (C(OH)–C–C–N with tert-alkyl or cyclic N) is 1. The molecule has 0 aliphatic carbocycles. The van der Waals surface area contributed by atoms with E-state index in [-0.39, 0.29) is 35.6 Å². The van der Waals surface area contributed by atoms with Gasteiger partial charge in [0, 0.05) is 24.2 Å². The first-order valence-corrected chi connectivity index (χ1v) is 8.92. The molecule has 2 N–H and O–H groups in total. The number of nitro groups is 1. The molecule has 1 aromatic rings. The summed E-state index contributed by atoms with van der Waals surface area (Å²) in [7, 11) is 0. The van der Waals surface area contributed by atoms with E-state index in [0.717, 1.165) is 12.1 Å². The lowest BCUT2D eigenvalue weighted by atomic mass is 10.1. The van der Waals surface area contributed by atoms with E-state index in [1.807, 2.05) is 20.8 Å². The summed E-state index contributed by atoms with van der Waals surface area (Å²) in [4.78, 5) is 50.5. The van der Waals surface area contributed by atoms with Crippen molar-refractivity contribution in [3.05, 3.63) is 43.5 Å². The van der Waals surface area contributed by atoms with Crippen LogP contribution >= 0.6 is 0 Å². The molecule has 30 heavy (non-hydrogen) atoms. The van der Waals surface area contributed by atoms with Crippen LogP contribution in [0.5, 0.6) is 5.75 Å². The fourth-order valence-corrected chi connectivity index (χ4v) is 2.64. The Morgan fingerprint density at radius 3 is 2.30 bits per heavy atom. The number of nitrogens with zero attached hydrogens (tertiary/aromatic N) is 3. The van der Waals surface area contributed by atoms with Gasteiger partial charge in [-0.3, -0.25) is 24.6 Å². The van der Waals surface area contributed by atoms with Crippen molar-refractivity contribution in [2.24, 2.45) is 0 Å². The van der Waals surface area contributed by atoms with Gasteiger partial charge in [-0.2, -0.15) is 0 Å². The zero-order chi connectivity index (χ0) is 22.6. The van der Waals surface area contributed by atoms with Crippen LogP contribution in [0, 0.1) is 20.2 Å². The molecule has 164 valence electrons. The lowest BCUT2D eigenvalue weighted by Gasteiger charge is -2.22. The summed E-state index contributed by atoms with van der Waals surface area (Å²) in [5.41, 5.74) is -1.15. The number of amides is 2. The number of aliphatic hydroxyl groups is 1. The third-order valence-corrected chi connectivity index (χ3v) is 4.06. The van der Waals surface area contributed by atoms with Crippen molar-refractivity contribution in [3.63, 3.8) is 0 Å². The van der Waals surface area contributed by atoms with E-state index in [1.54, 1.807) is 0 Å². The van der Waals surface area contributed by atoms with Gasteiger partial charge < -0.3 is 20.0 Å². The van der Waals surface area contributed by atoms with Crippen molar-refractivity contribution in [2.45, 2.75) is 32.4 Å². The van der Waals surface area contributed by atoms with Crippen LogP contribution in [-0.4, -0.2) is 69.8 Å². The molecule has 0 aromatic heterocycles. The molecule has 1 aliphatic heterocycles. The van der Waals surface area contributed by atoms with Gasteiger partial charge in [0.2, 0.25) is 0 Å². The van der Waals surface area contributed by atoms with Crippen LogP contribution in [0.15, 0.2) is 12.1 Å². The van der Waals surface area contributed by atoms with E-state index >= 15 is 0 Å². The van der Waals surface area contributed by atoms with Crippen LogP contribution < -0.4 is 10.1 Å². The van der Waals surface area contributed by atoms with Crippen LogP contribution in [-0.2, 0) is 4.84 Å². The van der Waals surface area contributed by atoms with Gasteiger partial charge >= 0.3 is 5.69 Å². The minimum absolute atomic E-state index is 0.135. The number of carbonyl (C=O) groups is 2. The highest BCUT2D eigenvalue weighted by Gasteiger charge is 2.38. The highest BCUT2D eigenvalue weighted by Crippen LogP contribution is 2.35. The Kier molecular flexibility index (Phi) is 6.89. The number of carbonyl (C=O) groups excluding carboxylic acids is 2. The zero-order valence-corrected chi connectivity index (χ0v) is 16.6. The van der Waals surface area contributed by atoms with E-state index in [4.69, 9.17) is 4.74 Å². The van der Waals surface area contributed by atoms with Crippen LogP contribution in [0.1, 0.15) is 41.5 Å². The summed E-state index contributed by atoms with van der Waals surface area (Å²) in [6.07, 6.45) is -0.981. The van der Waals surface area contributed by atoms with Crippen molar-refractivity contribution < 1.29 is 34.3 Å². The summed E-state index contributed by atoms with van der Waals surface area (Å²) in [6, 6.07) is 1.98. The Morgan fingerprint density at radius 1 is 1.17 bits per heavy atom. The molecule has 0 radical (unpaired) electrons. The highest BCUT2D eigenvalue weighted by molar-refractivity contribution is 6.21. The van der Waals surface area contributed by atoms with Crippen LogP contribution in [0.2, 0.25) is 0 Å². The Balaban J connectivity index is 2.18. The van der Waals surface area contributed by atoms with Gasteiger partial charge in [-0.25, -0.2) is 0 Å². The Bertz CT molecular complexity index is 866. The maximum atomic E-state index is 12.5. The predicted molar refractivity (Wildman–Crippen MR) is 101 cm³/mol. The molecule has 13 heteroatoms. The number of hydrogen-bond donors (Lipinski definition) is 2. The molecule has 0 bridgehead atoms. The fourth-order valence-electron chi connectivity index (χ4n) is 2.64. The SMILES string of the molecule is CC(C)(C)NCC(O)COc1cc2c(cc1[N+](=O)[O-])C(=O)N(CCO[N+](=O)[O-])C2=O. The molecule has 1 aromatic carbocycles. The van der Waals surface area contributed by atoms with Gasteiger partial charge in [-0.15, -0.1) is 10.1 Å². The highest BCUT2D eigenvalue weighted by atomic mass is 16.9. The molecule has 1 atom stereocenters. The van der Waals surface area contributed by atoms with Gasteiger partial charge in [-0.05, 0) is 20.8 Å². The topological polar surface area (TPSA) is 174 Å². The molecule has 0 saturated carbocycles. The summed E-state index contributed by atoms with van der Waals surface area (Å²) in [5.74, 6) is -1.89. The zero-order valence-electron chi connectivity index (χ0n) is 16.6. The van der Waals surface area contributed by atoms with Crippen LogP contribution in [0.25, 0.3) is 0 Å². The number of nitro benzene ring substituents is 1. The molecular weight excluding hydrogens is 404 g/mol. The quantitative estimate of drug-likeness (QED) is 0.305. The molecule has 1 heterocycles. The summed E-state index contributed by atoms with van der Waals surface area (Å²) < 4.78 is 5.35. The van der Waals surface area contributed by atoms with Gasteiger partial charge in [0.25, 0.3) is 16.9 Å². The van der Waals surface area contributed by atoms with Crippen molar-refractivity contribution in [2.75, 3.05) is 26.3 Å². The molecular formula is C17H22N4O9. The number of hydrogen-bond acceptors (Lipinski definition) is 10. The molecule has 0 fully saturated rings. The summed E-state index contributed by atoms with van der Waals surface area (Å²) >= 11 is 0. The number of rotatable bonds is 10. The minimum Gasteiger partial charge on any atom is -0.484 e. The molecule has 2 rings (SSSR count). The first-order valence-electron chi connectivity index (χ1n) is 8.92. The van der Waals surface area contributed by atoms with Gasteiger partial charge in [0.15, 0.2) is 5.75 Å². The van der Waals surface area contributed by atoms with E-state index in [2.05, 4.69) is 10.2 Å². The number of fused-ring (bicyclic) bond motifs is 1. The normalized spacial score (nSPS) is 14.5. The van der Waals surface area contributed by atoms with E-state index in [1.165, 1.54) is 0 Å². The first-order chi connectivity index (χ1) is 13.9. The smallest absolute Gasteiger partial charge is 0.311 e. The number of nitrogens with one attached hydrogen (secondary N) is 1. The number of benzene rings is 1. The molecule has 2 amide bonds. The second kappa shape index (κ2) is 9.00. The monoisotopic (exact) mass is 426 g/mol. The van der Waals surface area contributed by atoms with Gasteiger partial charge in [0.05, 0.1) is 22.6 Å². The number of imide groups is 1. The second-order valence-electron chi connectivity index (χ2n) is 7.54. The lowest BCUT2D eigenvalue weighted by Crippen LogP contribution is -2.42. The number of ether oxygens (including phenoxy) is 1. The van der Waals surface area contributed by atoms with Crippen molar-refractivity contribution in [1.82, 2.24) is 10.2 Å². The molecule has 0 saturated heterocycles. The van der Waals surface area contributed by atoms with Crippen molar-refractivity contribution in [1.29, 1.82) is 0 Å². The average molecular weight is 426 g/mol. The van der Waals surface area contributed by atoms with Gasteiger partial charge in [-0.1, -0.05) is 0 Å². The Labute approximate surface area is 170 Å². The van der Waals surface area contributed by atoms with Crippen LogP contribution in [0.3, 0.4) is 0 Å². The lowest BCUT2D eigenvalue weighted by molar-refractivity contribution is -0.757. The van der Waals surface area contributed by atoms with Crippen molar-refractivity contribution >= 4 is 17.5 Å². The van der Waals surface area contributed by atoms with E-state index < -0.39 is 46.8 Å². The first kappa shape index (κ1) is 23.0. The Morgan fingerprint density at radius 2 is 1.77 bits per heavy atom. The minimum atomic E-state index is -1.06. The third-order valence-electron chi connectivity index (χ3n) is 4.06. The van der Waals surface area contributed by atoms with Crippen LogP contribution in [0.4, 0.5) is 5.69 Å². The average Bonchev–Trinajstić information content (AvgIpc) is 2.87. The second-order valence-corrected chi connectivity index (χ2v) is 7.54. The summed E-state index contributed by atoms with van der Waals surface area (Å²) in [6.45, 7) is 4.66. The Hall–Kier alpha value is -3.32. The van der Waals surface area contributed by atoms with E-state index in [9.17, 15) is 34.9 Å².